The van der Waals surface area contributed by atoms with Crippen LogP contribution in [0.5, 0.6) is 34.5 Å². The van der Waals surface area contributed by atoms with Crippen LogP contribution in [0.2, 0.25) is 0 Å². The minimum Gasteiger partial charge on any atom is -0.490 e. The molecule has 0 spiro atoms. The molecule has 0 saturated carbocycles. The van der Waals surface area contributed by atoms with Crippen LogP contribution >= 0.6 is 0 Å². The SMILES string of the molecule is CCCCCCCCCOc1ccc(C#Cc2ccc(-c3nc(-c4ccc(C#Cc5ccc(OCCCCCCCCC)c(OCCCCCCCCC)c5)cc4)nc(-c4ccc(C#Cc5ccc(OCCCCCCCCC)c(OCCCCCCCCC)c5)cc4)n3)cc2)cc1OCCCCCCCCC. The van der Waals surface area contributed by atoms with Crippen molar-refractivity contribution >= 4 is 0 Å². The molecule has 7 aromatic rings. The van der Waals surface area contributed by atoms with Gasteiger partial charge in [0.15, 0.2) is 52.0 Å². The largest absolute Gasteiger partial charge is 0.490 e. The van der Waals surface area contributed by atoms with Gasteiger partial charge >= 0.3 is 0 Å². The van der Waals surface area contributed by atoms with E-state index in [-0.39, 0.29) is 0 Å². The smallest absolute Gasteiger partial charge is 0.164 e. The molecular weight excluding hydrogens is 1330 g/mol. The Morgan fingerprint density at radius 3 is 0.556 bits per heavy atom. The monoisotopic (exact) mass is 1460 g/mol. The van der Waals surface area contributed by atoms with Gasteiger partial charge in [0.2, 0.25) is 0 Å². The van der Waals surface area contributed by atoms with Gasteiger partial charge in [-0.15, -0.1) is 0 Å². The molecule has 0 aliphatic heterocycles. The fourth-order valence-electron chi connectivity index (χ4n) is 13.2. The Morgan fingerprint density at radius 1 is 0.185 bits per heavy atom. The van der Waals surface area contributed by atoms with E-state index in [1.165, 1.54) is 231 Å². The highest BCUT2D eigenvalue weighted by Gasteiger charge is 2.15. The second-order valence-corrected chi connectivity index (χ2v) is 29.6. The average Bonchev–Trinajstić information content (AvgIpc) is 0.794. The summed E-state index contributed by atoms with van der Waals surface area (Å²) in [7, 11) is 0. The van der Waals surface area contributed by atoms with E-state index in [1.54, 1.807) is 0 Å². The Balaban J connectivity index is 1.12. The lowest BCUT2D eigenvalue weighted by molar-refractivity contribution is 0.258. The Labute approximate surface area is 655 Å². The third-order valence-corrected chi connectivity index (χ3v) is 20.0. The van der Waals surface area contributed by atoms with Gasteiger partial charge in [-0.25, -0.2) is 15.0 Å². The highest BCUT2D eigenvalue weighted by molar-refractivity contribution is 5.68. The van der Waals surface area contributed by atoms with Crippen molar-refractivity contribution in [2.75, 3.05) is 39.6 Å². The van der Waals surface area contributed by atoms with E-state index in [4.69, 9.17) is 43.4 Å². The van der Waals surface area contributed by atoms with Crippen LogP contribution < -0.4 is 28.4 Å². The van der Waals surface area contributed by atoms with E-state index in [9.17, 15) is 0 Å². The van der Waals surface area contributed by atoms with Crippen molar-refractivity contribution in [2.24, 2.45) is 0 Å². The Hall–Kier alpha value is -8.19. The first kappa shape index (κ1) is 87.0. The highest BCUT2D eigenvalue weighted by atomic mass is 16.5. The molecule has 0 fully saturated rings. The third-order valence-electron chi connectivity index (χ3n) is 20.0. The summed E-state index contributed by atoms with van der Waals surface area (Å²) in [6.07, 6.45) is 51.8. The lowest BCUT2D eigenvalue weighted by atomic mass is 10.1. The standard InChI is InChI=1S/C99H135N3O6/c1-7-13-19-25-31-37-43-73-103-91-70-61-85(79-94(91)106-76-46-40-34-28-22-16-10-4)52-49-82-55-64-88(65-56-82)97-100-98(89-66-57-83(58-67-89)50-53-86-62-71-92(104-74-44-38-32-26-20-14-8-2)95(80-86)107-77-47-41-35-29-23-17-11-5)102-99(101-97)90-68-59-84(60-69-90)51-54-87-63-72-93(105-75-45-39-33-27-21-15-9-3)96(81-87)108-78-48-42-36-30-24-18-12-6/h55-72,79-81H,7-48,73-78H2,1-6H3. The maximum absolute atomic E-state index is 6.46. The molecule has 0 N–H and O–H groups in total. The van der Waals surface area contributed by atoms with Gasteiger partial charge in [0.25, 0.3) is 0 Å². The molecule has 0 bridgehead atoms. The van der Waals surface area contributed by atoms with Crippen molar-refractivity contribution in [1.29, 1.82) is 0 Å². The molecule has 0 saturated heterocycles. The molecule has 582 valence electrons. The Morgan fingerprint density at radius 2 is 0.352 bits per heavy atom. The molecule has 0 atom stereocenters. The predicted octanol–water partition coefficient (Wildman–Crippen LogP) is 27.8. The topological polar surface area (TPSA) is 94.1 Å². The van der Waals surface area contributed by atoms with E-state index in [0.717, 1.165) is 123 Å². The van der Waals surface area contributed by atoms with Gasteiger partial charge in [-0.3, -0.25) is 0 Å². The molecule has 0 unspecified atom stereocenters. The first-order chi connectivity index (χ1) is 53.4. The number of benzene rings is 6. The minimum atomic E-state index is 0.553. The summed E-state index contributed by atoms with van der Waals surface area (Å²) in [5.74, 6) is 26.9. The number of hydrogen-bond acceptors (Lipinski definition) is 9. The van der Waals surface area contributed by atoms with Crippen molar-refractivity contribution in [3.8, 4) is 104 Å². The van der Waals surface area contributed by atoms with Crippen LogP contribution in [0.4, 0.5) is 0 Å². The lowest BCUT2D eigenvalue weighted by Crippen LogP contribution is -2.03. The number of unbranched alkanes of at least 4 members (excludes halogenated alkanes) is 36. The third kappa shape index (κ3) is 35.9. The maximum atomic E-state index is 6.46. The molecule has 108 heavy (non-hydrogen) atoms. The summed E-state index contributed by atoms with van der Waals surface area (Å²) >= 11 is 0. The number of rotatable bonds is 57. The Bertz CT molecular complexity index is 3330. The van der Waals surface area contributed by atoms with Crippen LogP contribution in [0.25, 0.3) is 34.2 Å². The summed E-state index contributed by atoms with van der Waals surface area (Å²) in [6.45, 7) is 17.6. The van der Waals surface area contributed by atoms with Crippen molar-refractivity contribution < 1.29 is 28.4 Å². The van der Waals surface area contributed by atoms with Crippen molar-refractivity contribution in [3.63, 3.8) is 0 Å². The molecule has 1 heterocycles. The fraction of sp³-hybridized carbons (Fsp3) is 0.545. The summed E-state index contributed by atoms with van der Waals surface area (Å²) < 4.78 is 38.5. The van der Waals surface area contributed by atoms with Gasteiger partial charge < -0.3 is 28.4 Å². The molecular formula is C99H135N3O6. The number of ether oxygens (including phenoxy) is 6. The Kier molecular flexibility index (Phi) is 45.2. The molecule has 0 aliphatic carbocycles. The molecule has 0 amide bonds. The van der Waals surface area contributed by atoms with E-state index in [1.807, 2.05) is 127 Å². The zero-order valence-corrected chi connectivity index (χ0v) is 67.9. The van der Waals surface area contributed by atoms with Crippen LogP contribution in [-0.4, -0.2) is 54.6 Å². The molecule has 1 aromatic heterocycles. The van der Waals surface area contributed by atoms with Crippen LogP contribution in [0.15, 0.2) is 127 Å². The summed E-state index contributed by atoms with van der Waals surface area (Å²) in [5, 5.41) is 0. The second-order valence-electron chi connectivity index (χ2n) is 29.6. The fourth-order valence-corrected chi connectivity index (χ4v) is 13.2. The lowest BCUT2D eigenvalue weighted by Gasteiger charge is -2.13. The summed E-state index contributed by atoms with van der Waals surface area (Å²) in [6, 6.07) is 42.9. The van der Waals surface area contributed by atoms with E-state index < -0.39 is 0 Å². The van der Waals surface area contributed by atoms with Crippen LogP contribution in [0, 0.1) is 35.5 Å². The van der Waals surface area contributed by atoms with Gasteiger partial charge in [-0.2, -0.15) is 0 Å². The van der Waals surface area contributed by atoms with Crippen molar-refractivity contribution in [1.82, 2.24) is 15.0 Å². The quantitative estimate of drug-likeness (QED) is 0.0273. The predicted molar refractivity (Wildman–Crippen MR) is 454 cm³/mol. The van der Waals surface area contributed by atoms with Crippen molar-refractivity contribution in [2.45, 2.75) is 311 Å². The van der Waals surface area contributed by atoms with E-state index >= 15 is 0 Å². The molecule has 0 aliphatic rings. The van der Waals surface area contributed by atoms with Gasteiger partial charge in [0.1, 0.15) is 0 Å². The zero-order valence-electron chi connectivity index (χ0n) is 67.9. The summed E-state index contributed by atoms with van der Waals surface area (Å²) in [4.78, 5) is 15.5. The molecule has 9 nitrogen and oxygen atoms in total. The average molecular weight is 1460 g/mol. The number of aromatic nitrogens is 3. The number of nitrogens with zero attached hydrogens (tertiary/aromatic N) is 3. The van der Waals surface area contributed by atoms with Crippen LogP contribution in [-0.2, 0) is 0 Å². The first-order valence-corrected chi connectivity index (χ1v) is 43.2. The van der Waals surface area contributed by atoms with Gasteiger partial charge in [-0.05, 0) is 166 Å². The second kappa shape index (κ2) is 56.1. The first-order valence-electron chi connectivity index (χ1n) is 43.2. The minimum absolute atomic E-state index is 0.553. The molecule has 6 aromatic carbocycles. The molecule has 0 radical (unpaired) electrons. The van der Waals surface area contributed by atoms with Gasteiger partial charge in [0.05, 0.1) is 39.6 Å². The zero-order chi connectivity index (χ0) is 75.8. The molecule has 9 heteroatoms. The molecule has 7 rings (SSSR count). The normalized spacial score (nSPS) is 10.9. The van der Waals surface area contributed by atoms with E-state index in [2.05, 4.69) is 77.1 Å². The van der Waals surface area contributed by atoms with E-state index in [0.29, 0.717) is 57.1 Å². The maximum Gasteiger partial charge on any atom is 0.164 e. The van der Waals surface area contributed by atoms with Gasteiger partial charge in [-0.1, -0.05) is 308 Å². The highest BCUT2D eigenvalue weighted by Crippen LogP contribution is 2.34. The van der Waals surface area contributed by atoms with Crippen molar-refractivity contribution in [3.05, 3.63) is 161 Å². The van der Waals surface area contributed by atoms with Gasteiger partial charge in [0, 0.05) is 50.1 Å². The van der Waals surface area contributed by atoms with Crippen LogP contribution in [0.1, 0.15) is 345 Å². The van der Waals surface area contributed by atoms with Crippen LogP contribution in [0.3, 0.4) is 0 Å². The summed E-state index contributed by atoms with van der Waals surface area (Å²) in [5.41, 5.74) is 7.78. The number of hydrogen-bond donors (Lipinski definition) is 0.